The molecule has 2 aromatic carbocycles. The zero-order valence-corrected chi connectivity index (χ0v) is 14.2. The highest BCUT2D eigenvalue weighted by Gasteiger charge is 2.17. The van der Waals surface area contributed by atoms with Crippen LogP contribution in [0.15, 0.2) is 53.4 Å². The number of sulfonamides is 1. The summed E-state index contributed by atoms with van der Waals surface area (Å²) in [4.78, 5) is 12.2. The molecule has 0 heterocycles. The lowest BCUT2D eigenvalue weighted by atomic mass is 10.2. The number of rotatable bonds is 6. The molecule has 2 N–H and O–H groups in total. The Morgan fingerprint density at radius 2 is 1.83 bits per heavy atom. The lowest BCUT2D eigenvalue weighted by Gasteiger charge is -2.11. The highest BCUT2D eigenvalue weighted by atomic mass is 32.2. The first-order valence-corrected chi connectivity index (χ1v) is 8.92. The zero-order chi connectivity index (χ0) is 17.7. The van der Waals surface area contributed by atoms with Crippen molar-refractivity contribution in [2.45, 2.75) is 31.3 Å². The monoisotopic (exact) mass is 350 g/mol. The van der Waals surface area contributed by atoms with Gasteiger partial charge in [-0.05, 0) is 38.1 Å². The number of halogens is 1. The molecule has 2 aromatic rings. The molecule has 0 radical (unpaired) electrons. The minimum Gasteiger partial charge on any atom is -0.348 e. The molecule has 5 nitrogen and oxygen atoms in total. The van der Waals surface area contributed by atoms with Crippen LogP contribution in [-0.4, -0.2) is 20.4 Å². The standard InChI is InChI=1S/C17H19FN2O3S/c1-12(2)20-24(22,23)15-8-5-7-13(10-15)17(21)19-11-14-6-3-4-9-16(14)18/h3-10,12,20H,11H2,1-2H3,(H,19,21). The van der Waals surface area contributed by atoms with Crippen molar-refractivity contribution in [3.63, 3.8) is 0 Å². The van der Waals surface area contributed by atoms with Crippen molar-refractivity contribution in [1.29, 1.82) is 0 Å². The number of hydrogen-bond acceptors (Lipinski definition) is 3. The molecule has 2 rings (SSSR count). The molecular weight excluding hydrogens is 331 g/mol. The molecule has 0 fully saturated rings. The molecule has 0 aliphatic heterocycles. The highest BCUT2D eigenvalue weighted by molar-refractivity contribution is 7.89. The summed E-state index contributed by atoms with van der Waals surface area (Å²) in [5.41, 5.74) is 0.550. The molecule has 0 spiro atoms. The lowest BCUT2D eigenvalue weighted by molar-refractivity contribution is 0.0950. The van der Waals surface area contributed by atoms with Crippen LogP contribution in [0.5, 0.6) is 0 Å². The molecule has 0 bridgehead atoms. The van der Waals surface area contributed by atoms with Crippen LogP contribution >= 0.6 is 0 Å². The minimum absolute atomic E-state index is 0.00902. The van der Waals surface area contributed by atoms with Crippen LogP contribution in [0.1, 0.15) is 29.8 Å². The summed E-state index contributed by atoms with van der Waals surface area (Å²) in [6.07, 6.45) is 0. The van der Waals surface area contributed by atoms with Gasteiger partial charge in [0.2, 0.25) is 10.0 Å². The Kier molecular flexibility index (Phi) is 5.69. The molecule has 0 saturated carbocycles. The fourth-order valence-corrected chi connectivity index (χ4v) is 3.40. The summed E-state index contributed by atoms with van der Waals surface area (Å²) < 4.78 is 40.3. The number of amides is 1. The quantitative estimate of drug-likeness (QED) is 0.840. The summed E-state index contributed by atoms with van der Waals surface area (Å²) in [6.45, 7) is 3.44. The molecule has 0 aliphatic rings. The normalized spacial score (nSPS) is 11.5. The van der Waals surface area contributed by atoms with Crippen LogP contribution in [0.4, 0.5) is 4.39 Å². The van der Waals surface area contributed by atoms with Crippen molar-refractivity contribution in [3.05, 3.63) is 65.5 Å². The Hall–Kier alpha value is -2.25. The van der Waals surface area contributed by atoms with Crippen molar-refractivity contribution < 1.29 is 17.6 Å². The van der Waals surface area contributed by atoms with Crippen LogP contribution < -0.4 is 10.0 Å². The van der Waals surface area contributed by atoms with Crippen molar-refractivity contribution in [1.82, 2.24) is 10.0 Å². The average Bonchev–Trinajstić information content (AvgIpc) is 2.53. The van der Waals surface area contributed by atoms with Gasteiger partial charge < -0.3 is 5.32 Å². The summed E-state index contributed by atoms with van der Waals surface area (Å²) in [5.74, 6) is -0.880. The molecule has 0 saturated heterocycles. The van der Waals surface area contributed by atoms with Gasteiger partial charge in [0.15, 0.2) is 0 Å². The van der Waals surface area contributed by atoms with E-state index in [1.54, 1.807) is 32.0 Å². The van der Waals surface area contributed by atoms with E-state index in [0.717, 1.165) is 0 Å². The number of carbonyl (C=O) groups is 1. The van der Waals surface area contributed by atoms with E-state index in [9.17, 15) is 17.6 Å². The van der Waals surface area contributed by atoms with Crippen LogP contribution in [-0.2, 0) is 16.6 Å². The lowest BCUT2D eigenvalue weighted by Crippen LogP contribution is -2.30. The number of benzene rings is 2. The number of hydrogen-bond donors (Lipinski definition) is 2. The van der Waals surface area contributed by atoms with Gasteiger partial charge in [-0.1, -0.05) is 24.3 Å². The molecule has 24 heavy (non-hydrogen) atoms. The van der Waals surface area contributed by atoms with Crippen molar-refractivity contribution >= 4 is 15.9 Å². The Labute approximate surface area is 141 Å². The minimum atomic E-state index is -3.68. The van der Waals surface area contributed by atoms with Gasteiger partial charge >= 0.3 is 0 Å². The van der Waals surface area contributed by atoms with Gasteiger partial charge in [-0.25, -0.2) is 17.5 Å². The van der Waals surface area contributed by atoms with E-state index in [1.807, 2.05) is 0 Å². The summed E-state index contributed by atoms with van der Waals surface area (Å²) in [7, 11) is -3.68. The molecule has 0 atom stereocenters. The molecule has 0 aliphatic carbocycles. The van der Waals surface area contributed by atoms with E-state index >= 15 is 0 Å². The summed E-state index contributed by atoms with van der Waals surface area (Å²) in [6, 6.07) is 11.6. The largest absolute Gasteiger partial charge is 0.348 e. The second-order valence-corrected chi connectivity index (χ2v) is 7.29. The SMILES string of the molecule is CC(C)NS(=O)(=O)c1cccc(C(=O)NCc2ccccc2F)c1. The third kappa shape index (κ3) is 4.62. The van der Waals surface area contributed by atoms with E-state index in [4.69, 9.17) is 0 Å². The van der Waals surface area contributed by atoms with E-state index in [2.05, 4.69) is 10.0 Å². The van der Waals surface area contributed by atoms with Gasteiger partial charge in [-0.15, -0.1) is 0 Å². The van der Waals surface area contributed by atoms with E-state index in [1.165, 1.54) is 30.3 Å². The Morgan fingerprint density at radius 1 is 1.12 bits per heavy atom. The maximum atomic E-state index is 13.5. The van der Waals surface area contributed by atoms with Gasteiger partial charge in [0.25, 0.3) is 5.91 Å². The fourth-order valence-electron chi connectivity index (χ4n) is 2.10. The van der Waals surface area contributed by atoms with Gasteiger partial charge in [-0.2, -0.15) is 0 Å². The second kappa shape index (κ2) is 7.55. The first kappa shape index (κ1) is 18.1. The number of carbonyl (C=O) groups excluding carboxylic acids is 1. The van der Waals surface area contributed by atoms with Gasteiger partial charge in [-0.3, -0.25) is 4.79 Å². The summed E-state index contributed by atoms with van der Waals surface area (Å²) >= 11 is 0. The fraction of sp³-hybridized carbons (Fsp3) is 0.235. The molecule has 128 valence electrons. The average molecular weight is 350 g/mol. The molecule has 0 unspecified atom stereocenters. The van der Waals surface area contributed by atoms with Crippen LogP contribution in [0.25, 0.3) is 0 Å². The van der Waals surface area contributed by atoms with E-state index in [0.29, 0.717) is 5.56 Å². The Bertz CT molecular complexity index is 835. The van der Waals surface area contributed by atoms with Crippen LogP contribution in [0.2, 0.25) is 0 Å². The third-order valence-corrected chi connectivity index (χ3v) is 4.85. The first-order valence-electron chi connectivity index (χ1n) is 7.43. The van der Waals surface area contributed by atoms with Crippen molar-refractivity contribution in [2.24, 2.45) is 0 Å². The predicted octanol–water partition coefficient (Wildman–Crippen LogP) is 2.44. The third-order valence-electron chi connectivity index (χ3n) is 3.19. The first-order chi connectivity index (χ1) is 11.3. The zero-order valence-electron chi connectivity index (χ0n) is 13.4. The van der Waals surface area contributed by atoms with Gasteiger partial charge in [0.1, 0.15) is 5.82 Å². The topological polar surface area (TPSA) is 75.3 Å². The van der Waals surface area contributed by atoms with Crippen molar-refractivity contribution in [2.75, 3.05) is 0 Å². The van der Waals surface area contributed by atoms with E-state index in [-0.39, 0.29) is 23.0 Å². The number of nitrogens with one attached hydrogen (secondary N) is 2. The van der Waals surface area contributed by atoms with Crippen LogP contribution in [0, 0.1) is 5.82 Å². The van der Waals surface area contributed by atoms with Crippen LogP contribution in [0.3, 0.4) is 0 Å². The van der Waals surface area contributed by atoms with E-state index < -0.39 is 21.7 Å². The second-order valence-electron chi connectivity index (χ2n) is 5.58. The Morgan fingerprint density at radius 3 is 2.50 bits per heavy atom. The Balaban J connectivity index is 2.13. The summed E-state index contributed by atoms with van der Waals surface area (Å²) in [5, 5.41) is 2.58. The molecule has 7 heteroatoms. The van der Waals surface area contributed by atoms with Crippen molar-refractivity contribution in [3.8, 4) is 0 Å². The predicted molar refractivity (Wildman–Crippen MR) is 89.5 cm³/mol. The van der Waals surface area contributed by atoms with Gasteiger partial charge in [0, 0.05) is 23.7 Å². The smallest absolute Gasteiger partial charge is 0.251 e. The maximum Gasteiger partial charge on any atom is 0.251 e. The van der Waals surface area contributed by atoms with Gasteiger partial charge in [0.05, 0.1) is 4.90 Å². The maximum absolute atomic E-state index is 13.5. The highest BCUT2D eigenvalue weighted by Crippen LogP contribution is 2.13. The molecule has 1 amide bonds. The molecular formula is C17H19FN2O3S. The molecule has 0 aromatic heterocycles.